The van der Waals surface area contributed by atoms with E-state index in [9.17, 15) is 9.59 Å². The Balaban J connectivity index is 2.04. The Morgan fingerprint density at radius 3 is 3.05 bits per heavy atom. The summed E-state index contributed by atoms with van der Waals surface area (Å²) in [4.78, 5) is 27.3. The van der Waals surface area contributed by atoms with E-state index in [0.29, 0.717) is 5.76 Å². The summed E-state index contributed by atoms with van der Waals surface area (Å²) in [7, 11) is 0. The maximum atomic E-state index is 11.9. The molecule has 0 aliphatic heterocycles. The van der Waals surface area contributed by atoms with E-state index >= 15 is 0 Å². The van der Waals surface area contributed by atoms with Crippen LogP contribution in [0, 0.1) is 0 Å². The summed E-state index contributed by atoms with van der Waals surface area (Å²) in [6.07, 6.45) is 2.78. The van der Waals surface area contributed by atoms with Crippen LogP contribution in [0.3, 0.4) is 0 Å². The molecule has 0 aliphatic carbocycles. The Bertz CT molecular complexity index is 621. The highest BCUT2D eigenvalue weighted by molar-refractivity contribution is 6.29. The number of hydrogen-bond donors (Lipinski definition) is 1. The fraction of sp³-hybridized carbons (Fsp3) is 0.250. The molecule has 7 heteroatoms. The standard InChI is InChI=1S/C12H12ClN3O3/c1-8(16-7-15-10(13)5-11(16)17)12(18)14-6-9-3-2-4-19-9/h2-5,7-8H,6H2,1H3,(H,14,18). The Labute approximate surface area is 114 Å². The minimum Gasteiger partial charge on any atom is -0.467 e. The molecule has 1 unspecified atom stereocenters. The van der Waals surface area contributed by atoms with Crippen LogP contribution in [0.5, 0.6) is 0 Å². The highest BCUT2D eigenvalue weighted by atomic mass is 35.5. The summed E-state index contributed by atoms with van der Waals surface area (Å²) in [6, 6.07) is 3.98. The molecule has 0 saturated heterocycles. The van der Waals surface area contributed by atoms with Crippen molar-refractivity contribution in [3.63, 3.8) is 0 Å². The second-order valence-electron chi connectivity index (χ2n) is 3.93. The molecule has 1 atom stereocenters. The molecule has 6 nitrogen and oxygen atoms in total. The first kappa shape index (κ1) is 13.4. The molecule has 0 aliphatic rings. The number of hydrogen-bond acceptors (Lipinski definition) is 4. The zero-order valence-corrected chi connectivity index (χ0v) is 10.9. The van der Waals surface area contributed by atoms with Crippen LogP contribution in [0.15, 0.2) is 40.0 Å². The molecule has 0 aromatic carbocycles. The molecule has 1 N–H and O–H groups in total. The van der Waals surface area contributed by atoms with Crippen LogP contribution >= 0.6 is 11.6 Å². The van der Waals surface area contributed by atoms with Gasteiger partial charge in [-0.15, -0.1) is 0 Å². The molecule has 0 saturated carbocycles. The van der Waals surface area contributed by atoms with Crippen LogP contribution in [0.2, 0.25) is 5.15 Å². The first-order chi connectivity index (χ1) is 9.08. The third-order valence-electron chi connectivity index (χ3n) is 2.62. The van der Waals surface area contributed by atoms with E-state index < -0.39 is 6.04 Å². The van der Waals surface area contributed by atoms with Crippen LogP contribution in [0.1, 0.15) is 18.7 Å². The molecule has 0 bridgehead atoms. The Morgan fingerprint density at radius 2 is 2.42 bits per heavy atom. The highest BCUT2D eigenvalue weighted by Crippen LogP contribution is 2.05. The van der Waals surface area contributed by atoms with Gasteiger partial charge in [-0.2, -0.15) is 0 Å². The van der Waals surface area contributed by atoms with Gasteiger partial charge in [0.25, 0.3) is 5.56 Å². The zero-order chi connectivity index (χ0) is 13.8. The smallest absolute Gasteiger partial charge is 0.255 e. The van der Waals surface area contributed by atoms with Gasteiger partial charge in [-0.25, -0.2) is 4.98 Å². The quantitative estimate of drug-likeness (QED) is 0.859. The maximum Gasteiger partial charge on any atom is 0.255 e. The normalized spacial score (nSPS) is 12.1. The summed E-state index contributed by atoms with van der Waals surface area (Å²) >= 11 is 5.59. The van der Waals surface area contributed by atoms with Crippen molar-refractivity contribution in [2.75, 3.05) is 0 Å². The van der Waals surface area contributed by atoms with E-state index in [0.717, 1.165) is 6.07 Å². The second-order valence-corrected chi connectivity index (χ2v) is 4.32. The van der Waals surface area contributed by atoms with E-state index in [-0.39, 0.29) is 23.2 Å². The fourth-order valence-corrected chi connectivity index (χ4v) is 1.68. The van der Waals surface area contributed by atoms with Gasteiger partial charge in [0, 0.05) is 6.07 Å². The molecular formula is C12H12ClN3O3. The summed E-state index contributed by atoms with van der Waals surface area (Å²) in [5, 5.41) is 2.77. The van der Waals surface area contributed by atoms with E-state index in [4.69, 9.17) is 16.0 Å². The van der Waals surface area contributed by atoms with Crippen LogP contribution in [0.25, 0.3) is 0 Å². The first-order valence-corrected chi connectivity index (χ1v) is 5.99. The average Bonchev–Trinajstić information content (AvgIpc) is 2.88. The lowest BCUT2D eigenvalue weighted by molar-refractivity contribution is -0.124. The number of carbonyl (C=O) groups excluding carboxylic acids is 1. The Kier molecular flexibility index (Phi) is 4.01. The van der Waals surface area contributed by atoms with Crippen molar-refractivity contribution in [1.29, 1.82) is 0 Å². The van der Waals surface area contributed by atoms with Gasteiger partial charge in [0.2, 0.25) is 5.91 Å². The largest absolute Gasteiger partial charge is 0.467 e. The number of halogens is 1. The van der Waals surface area contributed by atoms with Gasteiger partial charge < -0.3 is 9.73 Å². The van der Waals surface area contributed by atoms with Crippen LogP contribution in [0.4, 0.5) is 0 Å². The minimum atomic E-state index is -0.674. The number of aromatic nitrogens is 2. The number of amides is 1. The Hall–Kier alpha value is -2.08. The van der Waals surface area contributed by atoms with E-state index in [1.807, 2.05) is 0 Å². The number of rotatable bonds is 4. The highest BCUT2D eigenvalue weighted by Gasteiger charge is 2.16. The zero-order valence-electron chi connectivity index (χ0n) is 10.2. The van der Waals surface area contributed by atoms with Crippen LogP contribution < -0.4 is 10.9 Å². The first-order valence-electron chi connectivity index (χ1n) is 5.61. The molecule has 2 rings (SSSR count). The molecule has 2 heterocycles. The lowest BCUT2D eigenvalue weighted by atomic mass is 10.3. The molecular weight excluding hydrogens is 270 g/mol. The molecule has 1 amide bonds. The van der Waals surface area contributed by atoms with E-state index in [1.165, 1.54) is 17.2 Å². The molecule has 2 aromatic rings. The molecule has 0 spiro atoms. The second kappa shape index (κ2) is 5.71. The number of nitrogens with zero attached hydrogens (tertiary/aromatic N) is 2. The number of furan rings is 1. The lowest BCUT2D eigenvalue weighted by Gasteiger charge is -2.13. The molecule has 2 aromatic heterocycles. The third kappa shape index (κ3) is 3.23. The SMILES string of the molecule is CC(C(=O)NCc1ccco1)n1cnc(Cl)cc1=O. The molecule has 0 radical (unpaired) electrons. The van der Waals surface area contributed by atoms with Gasteiger partial charge in [-0.05, 0) is 19.1 Å². The van der Waals surface area contributed by atoms with Gasteiger partial charge in [-0.3, -0.25) is 14.2 Å². The number of carbonyl (C=O) groups is 1. The van der Waals surface area contributed by atoms with Crippen molar-refractivity contribution in [2.45, 2.75) is 19.5 Å². The van der Waals surface area contributed by atoms with Crippen molar-refractivity contribution in [2.24, 2.45) is 0 Å². The number of nitrogens with one attached hydrogen (secondary N) is 1. The molecule has 0 fully saturated rings. The minimum absolute atomic E-state index is 0.101. The van der Waals surface area contributed by atoms with Crippen molar-refractivity contribution in [1.82, 2.24) is 14.9 Å². The fourth-order valence-electron chi connectivity index (χ4n) is 1.54. The monoisotopic (exact) mass is 281 g/mol. The van der Waals surface area contributed by atoms with Crippen molar-refractivity contribution in [3.05, 3.63) is 52.1 Å². The third-order valence-corrected chi connectivity index (χ3v) is 2.82. The van der Waals surface area contributed by atoms with Crippen molar-refractivity contribution >= 4 is 17.5 Å². The topological polar surface area (TPSA) is 77.1 Å². The van der Waals surface area contributed by atoms with Gasteiger partial charge in [0.15, 0.2) is 0 Å². The lowest BCUT2D eigenvalue weighted by Crippen LogP contribution is -2.35. The average molecular weight is 282 g/mol. The summed E-state index contributed by atoms with van der Waals surface area (Å²) < 4.78 is 6.31. The predicted molar refractivity (Wildman–Crippen MR) is 68.8 cm³/mol. The van der Waals surface area contributed by atoms with E-state index in [1.54, 1.807) is 19.1 Å². The summed E-state index contributed by atoms with van der Waals surface area (Å²) in [5.74, 6) is 0.338. The van der Waals surface area contributed by atoms with Crippen LogP contribution in [-0.2, 0) is 11.3 Å². The van der Waals surface area contributed by atoms with Crippen molar-refractivity contribution in [3.8, 4) is 0 Å². The van der Waals surface area contributed by atoms with Gasteiger partial charge in [0.05, 0.1) is 19.1 Å². The maximum absolute atomic E-state index is 11.9. The van der Waals surface area contributed by atoms with Gasteiger partial charge in [0.1, 0.15) is 17.0 Å². The van der Waals surface area contributed by atoms with Crippen LogP contribution in [-0.4, -0.2) is 15.5 Å². The summed E-state index contributed by atoms with van der Waals surface area (Å²) in [6.45, 7) is 1.88. The predicted octanol–water partition coefficient (Wildman–Crippen LogP) is 1.37. The van der Waals surface area contributed by atoms with Gasteiger partial charge >= 0.3 is 0 Å². The molecule has 100 valence electrons. The Morgan fingerprint density at radius 1 is 1.63 bits per heavy atom. The summed E-state index contributed by atoms with van der Waals surface area (Å²) in [5.41, 5.74) is -0.374. The van der Waals surface area contributed by atoms with E-state index in [2.05, 4.69) is 10.3 Å². The van der Waals surface area contributed by atoms with Gasteiger partial charge in [-0.1, -0.05) is 11.6 Å². The van der Waals surface area contributed by atoms with Crippen molar-refractivity contribution < 1.29 is 9.21 Å². The molecule has 19 heavy (non-hydrogen) atoms.